The van der Waals surface area contributed by atoms with Crippen LogP contribution >= 0.6 is 11.6 Å². The molecule has 2 atom stereocenters. The molecule has 0 aliphatic heterocycles. The Morgan fingerprint density at radius 3 is 2.82 bits per heavy atom. The fourth-order valence-electron chi connectivity index (χ4n) is 3.01. The van der Waals surface area contributed by atoms with E-state index in [0.717, 1.165) is 24.8 Å². The summed E-state index contributed by atoms with van der Waals surface area (Å²) >= 11 is 6.15. The molecule has 1 aliphatic carbocycles. The number of ether oxygens (including phenoxy) is 1. The first kappa shape index (κ1) is 17.1. The Morgan fingerprint density at radius 2 is 2.18 bits per heavy atom. The van der Waals surface area contributed by atoms with E-state index < -0.39 is 0 Å². The molecule has 0 saturated heterocycles. The summed E-state index contributed by atoms with van der Waals surface area (Å²) in [7, 11) is 4.18. The van der Waals surface area contributed by atoms with Gasteiger partial charge in [-0.1, -0.05) is 23.7 Å². The Balaban J connectivity index is 1.94. The number of carbonyl (C=O) groups is 1. The van der Waals surface area contributed by atoms with E-state index in [0.29, 0.717) is 29.8 Å². The van der Waals surface area contributed by atoms with E-state index in [1.54, 1.807) is 6.07 Å². The number of carbonyl (C=O) groups excluding carboxylic acids is 1. The van der Waals surface area contributed by atoms with Gasteiger partial charge in [0.1, 0.15) is 5.75 Å². The van der Waals surface area contributed by atoms with Crippen LogP contribution in [0.3, 0.4) is 0 Å². The van der Waals surface area contributed by atoms with Gasteiger partial charge < -0.3 is 15.0 Å². The Morgan fingerprint density at radius 1 is 1.41 bits per heavy atom. The number of halogens is 1. The first-order valence-electron chi connectivity index (χ1n) is 7.87. The van der Waals surface area contributed by atoms with E-state index in [-0.39, 0.29) is 11.9 Å². The van der Waals surface area contributed by atoms with Gasteiger partial charge in [0.25, 0.3) is 0 Å². The number of nitrogens with one attached hydrogen (secondary N) is 1. The average molecular weight is 325 g/mol. The normalized spacial score (nSPS) is 21.1. The fraction of sp³-hybridized carbons (Fsp3) is 0.588. The smallest absolute Gasteiger partial charge is 0.224 e. The van der Waals surface area contributed by atoms with Crippen molar-refractivity contribution in [1.29, 1.82) is 0 Å². The molecule has 0 spiro atoms. The summed E-state index contributed by atoms with van der Waals surface area (Å²) in [6.45, 7) is 2.44. The van der Waals surface area contributed by atoms with E-state index >= 15 is 0 Å². The molecule has 4 nitrogen and oxygen atoms in total. The summed E-state index contributed by atoms with van der Waals surface area (Å²) < 4.78 is 5.57. The van der Waals surface area contributed by atoms with Crippen LogP contribution in [-0.4, -0.2) is 43.6 Å². The van der Waals surface area contributed by atoms with Crippen LogP contribution in [0.1, 0.15) is 31.7 Å². The van der Waals surface area contributed by atoms with Crippen LogP contribution in [0, 0.1) is 0 Å². The van der Waals surface area contributed by atoms with E-state index in [2.05, 4.69) is 24.3 Å². The van der Waals surface area contributed by atoms with Crippen molar-refractivity contribution in [2.24, 2.45) is 0 Å². The van der Waals surface area contributed by atoms with Gasteiger partial charge in [0.15, 0.2) is 0 Å². The summed E-state index contributed by atoms with van der Waals surface area (Å²) in [5.74, 6) is 0.659. The number of hydrogen-bond donors (Lipinski definition) is 1. The van der Waals surface area contributed by atoms with Crippen LogP contribution in [0.4, 0.5) is 0 Å². The molecule has 122 valence electrons. The lowest BCUT2D eigenvalue weighted by Gasteiger charge is -2.19. The molecule has 1 N–H and O–H groups in total. The molecule has 2 rings (SSSR count). The molecule has 0 bridgehead atoms. The molecular weight excluding hydrogens is 300 g/mol. The van der Waals surface area contributed by atoms with Crippen molar-refractivity contribution in [2.75, 3.05) is 20.7 Å². The average Bonchev–Trinajstić information content (AvgIpc) is 2.91. The maximum absolute atomic E-state index is 12.3. The van der Waals surface area contributed by atoms with Crippen LogP contribution in [0.15, 0.2) is 18.2 Å². The minimum atomic E-state index is 0.0348. The monoisotopic (exact) mass is 324 g/mol. The first-order chi connectivity index (χ1) is 10.5. The Bertz CT molecular complexity index is 519. The molecule has 1 aromatic carbocycles. The minimum absolute atomic E-state index is 0.0348. The fourth-order valence-corrected chi connectivity index (χ4v) is 3.26. The van der Waals surface area contributed by atoms with Crippen LogP contribution in [0.5, 0.6) is 5.75 Å². The quantitative estimate of drug-likeness (QED) is 0.875. The standard InChI is InChI=1S/C17H25ClN2O2/c1-4-22-17-12(6-5-7-15(17)18)10-16(21)19-13-8-9-14(11-13)20(2)3/h5-7,13-14H,4,8-11H2,1-3H3,(H,19,21). The Labute approximate surface area is 137 Å². The van der Waals surface area contributed by atoms with Crippen molar-refractivity contribution in [3.05, 3.63) is 28.8 Å². The molecule has 1 aromatic rings. The predicted molar refractivity (Wildman–Crippen MR) is 89.6 cm³/mol. The lowest BCUT2D eigenvalue weighted by Crippen LogP contribution is -2.35. The molecule has 2 unspecified atom stereocenters. The molecular formula is C17H25ClN2O2. The number of amides is 1. The van der Waals surface area contributed by atoms with Crippen molar-refractivity contribution < 1.29 is 9.53 Å². The largest absolute Gasteiger partial charge is 0.492 e. The SMILES string of the molecule is CCOc1c(Cl)cccc1CC(=O)NC1CCC(N(C)C)C1. The summed E-state index contributed by atoms with van der Waals surface area (Å²) in [5, 5.41) is 3.69. The van der Waals surface area contributed by atoms with Gasteiger partial charge in [-0.2, -0.15) is 0 Å². The first-order valence-corrected chi connectivity index (χ1v) is 8.25. The van der Waals surface area contributed by atoms with Crippen molar-refractivity contribution in [3.8, 4) is 5.75 Å². The van der Waals surface area contributed by atoms with Crippen molar-refractivity contribution in [3.63, 3.8) is 0 Å². The van der Waals surface area contributed by atoms with Crippen LogP contribution in [0.25, 0.3) is 0 Å². The molecule has 1 saturated carbocycles. The molecule has 0 heterocycles. The minimum Gasteiger partial charge on any atom is -0.492 e. The zero-order valence-corrected chi connectivity index (χ0v) is 14.3. The molecule has 0 aromatic heterocycles. The van der Waals surface area contributed by atoms with Gasteiger partial charge in [-0.15, -0.1) is 0 Å². The van der Waals surface area contributed by atoms with Gasteiger partial charge in [0.05, 0.1) is 18.1 Å². The maximum atomic E-state index is 12.3. The lowest BCUT2D eigenvalue weighted by molar-refractivity contribution is -0.121. The third-order valence-corrected chi connectivity index (χ3v) is 4.49. The molecule has 1 aliphatic rings. The molecule has 1 amide bonds. The van der Waals surface area contributed by atoms with E-state index in [4.69, 9.17) is 16.3 Å². The van der Waals surface area contributed by atoms with E-state index in [9.17, 15) is 4.79 Å². The van der Waals surface area contributed by atoms with Crippen molar-refractivity contribution >= 4 is 17.5 Å². The third-order valence-electron chi connectivity index (χ3n) is 4.19. The number of hydrogen-bond acceptors (Lipinski definition) is 3. The number of nitrogens with zero attached hydrogens (tertiary/aromatic N) is 1. The summed E-state index contributed by atoms with van der Waals surface area (Å²) in [6.07, 6.45) is 3.51. The second-order valence-corrected chi connectivity index (χ2v) is 6.44. The highest BCUT2D eigenvalue weighted by Gasteiger charge is 2.27. The van der Waals surface area contributed by atoms with Crippen LogP contribution in [-0.2, 0) is 11.2 Å². The van der Waals surface area contributed by atoms with Crippen LogP contribution in [0.2, 0.25) is 5.02 Å². The predicted octanol–water partition coefficient (Wildman–Crippen LogP) is 2.88. The molecule has 5 heteroatoms. The van der Waals surface area contributed by atoms with Crippen molar-refractivity contribution in [1.82, 2.24) is 10.2 Å². The summed E-state index contributed by atoms with van der Waals surface area (Å²) in [4.78, 5) is 14.5. The zero-order chi connectivity index (χ0) is 16.1. The zero-order valence-electron chi connectivity index (χ0n) is 13.6. The molecule has 22 heavy (non-hydrogen) atoms. The Hall–Kier alpha value is -1.26. The second kappa shape index (κ2) is 7.84. The topological polar surface area (TPSA) is 41.6 Å². The third kappa shape index (κ3) is 4.37. The van der Waals surface area contributed by atoms with Gasteiger partial charge in [-0.3, -0.25) is 4.79 Å². The maximum Gasteiger partial charge on any atom is 0.224 e. The highest BCUT2D eigenvalue weighted by Crippen LogP contribution is 2.29. The van der Waals surface area contributed by atoms with Crippen molar-refractivity contribution in [2.45, 2.75) is 44.7 Å². The van der Waals surface area contributed by atoms with Gasteiger partial charge in [-0.05, 0) is 46.3 Å². The van der Waals surface area contributed by atoms with Gasteiger partial charge in [0.2, 0.25) is 5.91 Å². The Kier molecular flexibility index (Phi) is 6.09. The molecule has 0 radical (unpaired) electrons. The molecule has 1 fully saturated rings. The highest BCUT2D eigenvalue weighted by molar-refractivity contribution is 6.32. The van der Waals surface area contributed by atoms with E-state index in [1.807, 2.05) is 19.1 Å². The van der Waals surface area contributed by atoms with Gasteiger partial charge in [0, 0.05) is 17.6 Å². The lowest BCUT2D eigenvalue weighted by atomic mass is 10.1. The van der Waals surface area contributed by atoms with Gasteiger partial charge in [-0.25, -0.2) is 0 Å². The second-order valence-electron chi connectivity index (χ2n) is 6.03. The van der Waals surface area contributed by atoms with E-state index in [1.165, 1.54) is 0 Å². The van der Waals surface area contributed by atoms with Crippen LogP contribution < -0.4 is 10.1 Å². The number of benzene rings is 1. The number of para-hydroxylation sites is 1. The summed E-state index contributed by atoms with van der Waals surface area (Å²) in [5.41, 5.74) is 0.842. The van der Waals surface area contributed by atoms with Gasteiger partial charge >= 0.3 is 0 Å². The summed E-state index contributed by atoms with van der Waals surface area (Å²) in [6, 6.07) is 6.37. The highest BCUT2D eigenvalue weighted by atomic mass is 35.5. The number of rotatable bonds is 6.